The van der Waals surface area contributed by atoms with Crippen molar-refractivity contribution in [1.29, 1.82) is 0 Å². The molecule has 0 atom stereocenters. The first kappa shape index (κ1) is 16.4. The Labute approximate surface area is 151 Å². The fourth-order valence-electron chi connectivity index (χ4n) is 3.40. The molecule has 0 spiro atoms. The highest BCUT2D eigenvalue weighted by molar-refractivity contribution is 6.30. The number of carbonyl (C=O) groups is 1. The van der Waals surface area contributed by atoms with Crippen LogP contribution in [0.1, 0.15) is 37.5 Å². The molecule has 0 saturated carbocycles. The summed E-state index contributed by atoms with van der Waals surface area (Å²) in [7, 11) is 0. The van der Waals surface area contributed by atoms with Gasteiger partial charge in [0.05, 0.1) is 5.92 Å². The SMILES string of the molecule is O=C(N1CCCCCC1)N1CC(c2nc(-c3cccc(Cl)c3)no2)C1. The van der Waals surface area contributed by atoms with Crippen molar-refractivity contribution < 1.29 is 9.32 Å². The molecule has 0 N–H and O–H groups in total. The predicted octanol–water partition coefficient (Wildman–Crippen LogP) is 3.79. The molecule has 7 heteroatoms. The van der Waals surface area contributed by atoms with Gasteiger partial charge < -0.3 is 14.3 Å². The summed E-state index contributed by atoms with van der Waals surface area (Å²) in [5.74, 6) is 1.25. The largest absolute Gasteiger partial charge is 0.339 e. The first-order chi connectivity index (χ1) is 12.2. The summed E-state index contributed by atoms with van der Waals surface area (Å²) in [6.07, 6.45) is 4.66. The van der Waals surface area contributed by atoms with Gasteiger partial charge in [0.15, 0.2) is 0 Å². The fraction of sp³-hybridized carbons (Fsp3) is 0.500. The van der Waals surface area contributed by atoms with E-state index < -0.39 is 0 Å². The van der Waals surface area contributed by atoms with E-state index in [1.165, 1.54) is 12.8 Å². The first-order valence-electron chi connectivity index (χ1n) is 8.84. The third-order valence-corrected chi connectivity index (χ3v) is 5.14. The van der Waals surface area contributed by atoms with Crippen LogP contribution in [-0.4, -0.2) is 52.2 Å². The summed E-state index contributed by atoms with van der Waals surface area (Å²) < 4.78 is 5.40. The predicted molar refractivity (Wildman–Crippen MR) is 94.5 cm³/mol. The number of carbonyl (C=O) groups excluding carboxylic acids is 1. The molecule has 3 heterocycles. The lowest BCUT2D eigenvalue weighted by Gasteiger charge is -2.40. The second-order valence-corrected chi connectivity index (χ2v) is 7.19. The van der Waals surface area contributed by atoms with Crippen molar-refractivity contribution in [3.05, 3.63) is 35.2 Å². The van der Waals surface area contributed by atoms with E-state index in [-0.39, 0.29) is 11.9 Å². The molecular weight excluding hydrogens is 340 g/mol. The number of urea groups is 1. The number of nitrogens with zero attached hydrogens (tertiary/aromatic N) is 4. The molecule has 4 rings (SSSR count). The van der Waals surface area contributed by atoms with Crippen LogP contribution in [0.5, 0.6) is 0 Å². The van der Waals surface area contributed by atoms with E-state index in [2.05, 4.69) is 10.1 Å². The van der Waals surface area contributed by atoms with Crippen LogP contribution < -0.4 is 0 Å². The van der Waals surface area contributed by atoms with Crippen LogP contribution in [0.15, 0.2) is 28.8 Å². The zero-order valence-electron chi connectivity index (χ0n) is 14.0. The van der Waals surface area contributed by atoms with Crippen LogP contribution in [0.25, 0.3) is 11.4 Å². The van der Waals surface area contributed by atoms with Gasteiger partial charge in [-0.05, 0) is 25.0 Å². The van der Waals surface area contributed by atoms with Gasteiger partial charge >= 0.3 is 6.03 Å². The van der Waals surface area contributed by atoms with Crippen molar-refractivity contribution in [2.75, 3.05) is 26.2 Å². The number of benzene rings is 1. The maximum absolute atomic E-state index is 12.5. The number of hydrogen-bond acceptors (Lipinski definition) is 4. The lowest BCUT2D eigenvalue weighted by atomic mass is 10.0. The van der Waals surface area contributed by atoms with Crippen molar-refractivity contribution in [3.8, 4) is 11.4 Å². The average molecular weight is 361 g/mol. The van der Waals surface area contributed by atoms with Gasteiger partial charge in [0.2, 0.25) is 11.7 Å². The standard InChI is InChI=1S/C18H21ClN4O2/c19-15-7-5-6-13(10-15)16-20-17(25-21-16)14-11-23(12-14)18(24)22-8-3-1-2-4-9-22/h5-7,10,14H,1-4,8-9,11-12H2. The molecule has 0 bridgehead atoms. The van der Waals surface area contributed by atoms with Gasteiger partial charge in [-0.3, -0.25) is 0 Å². The maximum atomic E-state index is 12.5. The second kappa shape index (κ2) is 7.04. The van der Waals surface area contributed by atoms with Crippen molar-refractivity contribution in [1.82, 2.24) is 19.9 Å². The Morgan fingerprint density at radius 2 is 1.88 bits per heavy atom. The molecule has 1 aromatic heterocycles. The van der Waals surface area contributed by atoms with E-state index in [9.17, 15) is 4.79 Å². The molecule has 2 aromatic rings. The quantitative estimate of drug-likeness (QED) is 0.817. The smallest absolute Gasteiger partial charge is 0.320 e. The molecule has 0 radical (unpaired) electrons. The summed E-state index contributed by atoms with van der Waals surface area (Å²) in [4.78, 5) is 20.9. The van der Waals surface area contributed by atoms with Crippen molar-refractivity contribution in [3.63, 3.8) is 0 Å². The molecule has 2 fully saturated rings. The molecular formula is C18H21ClN4O2. The van der Waals surface area contributed by atoms with Crippen LogP contribution in [0.4, 0.5) is 4.79 Å². The van der Waals surface area contributed by atoms with Gasteiger partial charge in [0.25, 0.3) is 0 Å². The van der Waals surface area contributed by atoms with Gasteiger partial charge in [-0.1, -0.05) is 41.7 Å². The minimum Gasteiger partial charge on any atom is -0.339 e. The Morgan fingerprint density at radius 1 is 1.12 bits per heavy atom. The van der Waals surface area contributed by atoms with Crippen molar-refractivity contribution >= 4 is 17.6 Å². The highest BCUT2D eigenvalue weighted by Crippen LogP contribution is 2.29. The van der Waals surface area contributed by atoms with Crippen LogP contribution >= 0.6 is 11.6 Å². The highest BCUT2D eigenvalue weighted by Gasteiger charge is 2.37. The van der Waals surface area contributed by atoms with Gasteiger partial charge in [-0.15, -0.1) is 0 Å². The Bertz CT molecular complexity index is 749. The summed E-state index contributed by atoms with van der Waals surface area (Å²) in [6, 6.07) is 7.53. The summed E-state index contributed by atoms with van der Waals surface area (Å²) in [5, 5.41) is 4.68. The van der Waals surface area contributed by atoms with Crippen molar-refractivity contribution in [2.45, 2.75) is 31.6 Å². The Balaban J connectivity index is 1.37. The van der Waals surface area contributed by atoms with Gasteiger partial charge in [-0.2, -0.15) is 4.98 Å². The summed E-state index contributed by atoms with van der Waals surface area (Å²) in [6.45, 7) is 3.04. The van der Waals surface area contributed by atoms with Gasteiger partial charge in [-0.25, -0.2) is 4.79 Å². The van der Waals surface area contributed by atoms with E-state index in [0.717, 1.165) is 31.5 Å². The number of likely N-dealkylation sites (tertiary alicyclic amines) is 2. The number of halogens is 1. The summed E-state index contributed by atoms with van der Waals surface area (Å²) >= 11 is 6.01. The number of hydrogen-bond donors (Lipinski definition) is 0. The monoisotopic (exact) mass is 360 g/mol. The van der Waals surface area contributed by atoms with Crippen LogP contribution in [-0.2, 0) is 0 Å². The Morgan fingerprint density at radius 3 is 2.60 bits per heavy atom. The molecule has 2 amide bonds. The maximum Gasteiger partial charge on any atom is 0.320 e. The Kier molecular flexibility index (Phi) is 4.61. The average Bonchev–Trinajstić information content (AvgIpc) is 2.88. The molecule has 0 unspecified atom stereocenters. The summed E-state index contributed by atoms with van der Waals surface area (Å²) in [5.41, 5.74) is 0.833. The van der Waals surface area contributed by atoms with E-state index in [4.69, 9.17) is 16.1 Å². The van der Waals surface area contributed by atoms with Crippen molar-refractivity contribution in [2.24, 2.45) is 0 Å². The molecule has 2 aliphatic rings. The third-order valence-electron chi connectivity index (χ3n) is 4.90. The van der Waals surface area contributed by atoms with E-state index in [0.29, 0.717) is 29.8 Å². The second-order valence-electron chi connectivity index (χ2n) is 6.75. The third kappa shape index (κ3) is 3.49. The Hall–Kier alpha value is -2.08. The van der Waals surface area contributed by atoms with Gasteiger partial charge in [0.1, 0.15) is 0 Å². The number of amides is 2. The number of aromatic nitrogens is 2. The fourth-order valence-corrected chi connectivity index (χ4v) is 3.59. The molecule has 132 valence electrons. The minimum absolute atomic E-state index is 0.122. The molecule has 6 nitrogen and oxygen atoms in total. The van der Waals surface area contributed by atoms with Crippen LogP contribution in [0.2, 0.25) is 5.02 Å². The zero-order valence-corrected chi connectivity index (χ0v) is 14.8. The lowest BCUT2D eigenvalue weighted by Crippen LogP contribution is -2.54. The number of rotatable bonds is 2. The van der Waals surface area contributed by atoms with E-state index in [1.54, 1.807) is 0 Å². The van der Waals surface area contributed by atoms with E-state index in [1.807, 2.05) is 34.1 Å². The lowest BCUT2D eigenvalue weighted by molar-refractivity contribution is 0.105. The molecule has 2 saturated heterocycles. The normalized spacial score (nSPS) is 18.8. The van der Waals surface area contributed by atoms with Crippen LogP contribution in [0, 0.1) is 0 Å². The molecule has 2 aliphatic heterocycles. The van der Waals surface area contributed by atoms with Crippen LogP contribution in [0.3, 0.4) is 0 Å². The topological polar surface area (TPSA) is 62.5 Å². The van der Waals surface area contributed by atoms with Gasteiger partial charge in [0, 0.05) is 36.8 Å². The highest BCUT2D eigenvalue weighted by atomic mass is 35.5. The van der Waals surface area contributed by atoms with E-state index >= 15 is 0 Å². The first-order valence-corrected chi connectivity index (χ1v) is 9.22. The minimum atomic E-state index is 0.122. The zero-order chi connectivity index (χ0) is 17.2. The molecule has 1 aromatic carbocycles. The molecule has 25 heavy (non-hydrogen) atoms. The molecule has 0 aliphatic carbocycles.